The number of pyridine rings is 1. The lowest BCUT2D eigenvalue weighted by Crippen LogP contribution is -2.06. The van der Waals surface area contributed by atoms with Crippen LogP contribution in [0.5, 0.6) is 0 Å². The molecule has 0 unspecified atom stereocenters. The van der Waals surface area contributed by atoms with E-state index in [4.69, 9.17) is 4.52 Å². The Morgan fingerprint density at radius 3 is 2.74 bits per heavy atom. The molecule has 0 aliphatic heterocycles. The molecule has 136 valence electrons. The van der Waals surface area contributed by atoms with Crippen LogP contribution in [-0.2, 0) is 6.18 Å². The second kappa shape index (κ2) is 6.58. The zero-order valence-corrected chi connectivity index (χ0v) is 14.8. The molecule has 0 aliphatic rings. The van der Waals surface area contributed by atoms with Gasteiger partial charge in [-0.3, -0.25) is 4.98 Å². The highest BCUT2D eigenvalue weighted by atomic mass is 79.9. The van der Waals surface area contributed by atoms with Crippen molar-refractivity contribution in [2.45, 2.75) is 6.18 Å². The van der Waals surface area contributed by atoms with Gasteiger partial charge in [0, 0.05) is 22.4 Å². The normalized spacial score (nSPS) is 11.7. The standard InChI is InChI=1S/C16H8BrF3N6O/c17-11-4-9(6-21-7-11)14-22-15(27-24-14)13-8-26(25-23-13)12-3-1-2-10(5-12)16(18,19)20/h1-8H. The van der Waals surface area contributed by atoms with Crippen LogP contribution in [0.1, 0.15) is 5.56 Å². The summed E-state index contributed by atoms with van der Waals surface area (Å²) in [4.78, 5) is 8.24. The monoisotopic (exact) mass is 436 g/mol. The maximum atomic E-state index is 12.9. The highest BCUT2D eigenvalue weighted by Crippen LogP contribution is 2.30. The first kappa shape index (κ1) is 17.3. The molecule has 4 rings (SSSR count). The summed E-state index contributed by atoms with van der Waals surface area (Å²) in [5, 5.41) is 11.6. The SMILES string of the molecule is FC(F)(F)c1cccc(-n2cc(-c3nc(-c4cncc(Br)c4)no3)nn2)c1. The quantitative estimate of drug-likeness (QED) is 0.479. The molecule has 0 N–H and O–H groups in total. The van der Waals surface area contributed by atoms with Crippen LogP contribution in [-0.4, -0.2) is 30.1 Å². The average molecular weight is 437 g/mol. The highest BCUT2D eigenvalue weighted by molar-refractivity contribution is 9.10. The molecule has 0 atom stereocenters. The van der Waals surface area contributed by atoms with Gasteiger partial charge in [-0.25, -0.2) is 4.68 Å². The number of benzene rings is 1. The molecule has 27 heavy (non-hydrogen) atoms. The fourth-order valence-corrected chi connectivity index (χ4v) is 2.66. The van der Waals surface area contributed by atoms with Crippen LogP contribution in [0.15, 0.2) is 57.9 Å². The van der Waals surface area contributed by atoms with E-state index in [-0.39, 0.29) is 17.3 Å². The molecule has 4 aromatic rings. The summed E-state index contributed by atoms with van der Waals surface area (Å²) < 4.78 is 45.7. The summed E-state index contributed by atoms with van der Waals surface area (Å²) in [5.41, 5.74) is 0.289. The minimum Gasteiger partial charge on any atom is -0.332 e. The maximum absolute atomic E-state index is 12.9. The van der Waals surface area contributed by atoms with Gasteiger partial charge in [0.25, 0.3) is 5.89 Å². The molecular weight excluding hydrogens is 429 g/mol. The van der Waals surface area contributed by atoms with Crippen LogP contribution < -0.4 is 0 Å². The number of aromatic nitrogens is 6. The zero-order chi connectivity index (χ0) is 19.0. The Kier molecular flexibility index (Phi) is 4.22. The van der Waals surface area contributed by atoms with E-state index in [1.54, 1.807) is 18.5 Å². The number of hydrogen-bond donors (Lipinski definition) is 0. The van der Waals surface area contributed by atoms with Crippen molar-refractivity contribution < 1.29 is 17.7 Å². The summed E-state index contributed by atoms with van der Waals surface area (Å²) in [6.07, 6.45) is 0.148. The van der Waals surface area contributed by atoms with Crippen molar-refractivity contribution in [3.8, 4) is 28.7 Å². The minimum atomic E-state index is -4.45. The summed E-state index contributed by atoms with van der Waals surface area (Å²) in [5.74, 6) is 0.385. The Bertz CT molecular complexity index is 1110. The fourth-order valence-electron chi connectivity index (χ4n) is 2.29. The Morgan fingerprint density at radius 2 is 1.96 bits per heavy atom. The Balaban J connectivity index is 1.64. The van der Waals surface area contributed by atoms with Crippen LogP contribution >= 0.6 is 15.9 Å². The van der Waals surface area contributed by atoms with Crippen molar-refractivity contribution in [2.24, 2.45) is 0 Å². The minimum absolute atomic E-state index is 0.0863. The van der Waals surface area contributed by atoms with E-state index in [1.165, 1.54) is 23.0 Å². The molecule has 1 aromatic carbocycles. The molecule has 0 fully saturated rings. The molecule has 7 nitrogen and oxygen atoms in total. The molecule has 0 spiro atoms. The fraction of sp³-hybridized carbons (Fsp3) is 0.0625. The van der Waals surface area contributed by atoms with Crippen molar-refractivity contribution in [3.05, 3.63) is 59.0 Å². The highest BCUT2D eigenvalue weighted by Gasteiger charge is 2.30. The smallest absolute Gasteiger partial charge is 0.332 e. The van der Waals surface area contributed by atoms with Crippen molar-refractivity contribution in [3.63, 3.8) is 0 Å². The predicted molar refractivity (Wildman–Crippen MR) is 90.6 cm³/mol. The molecule has 0 amide bonds. The van der Waals surface area contributed by atoms with E-state index >= 15 is 0 Å². The molecule has 0 bridgehead atoms. The van der Waals surface area contributed by atoms with E-state index < -0.39 is 11.7 Å². The van der Waals surface area contributed by atoms with Gasteiger partial charge in [-0.15, -0.1) is 5.10 Å². The Hall–Kier alpha value is -3.08. The van der Waals surface area contributed by atoms with Gasteiger partial charge in [0.15, 0.2) is 5.69 Å². The van der Waals surface area contributed by atoms with Gasteiger partial charge in [0.2, 0.25) is 5.82 Å². The number of alkyl halides is 3. The Morgan fingerprint density at radius 1 is 1.11 bits per heavy atom. The molecule has 11 heteroatoms. The predicted octanol–water partition coefficient (Wildman–Crippen LogP) is 4.16. The molecular formula is C16H8BrF3N6O. The summed E-state index contributed by atoms with van der Waals surface area (Å²) >= 11 is 3.31. The number of hydrogen-bond acceptors (Lipinski definition) is 6. The van der Waals surface area contributed by atoms with Gasteiger partial charge in [0.05, 0.1) is 17.4 Å². The number of nitrogens with zero attached hydrogens (tertiary/aromatic N) is 6. The van der Waals surface area contributed by atoms with Gasteiger partial charge in [0.1, 0.15) is 0 Å². The van der Waals surface area contributed by atoms with Crippen molar-refractivity contribution >= 4 is 15.9 Å². The second-order valence-corrected chi connectivity index (χ2v) is 6.33. The molecule has 0 radical (unpaired) electrons. The Labute approximate surface area is 158 Å². The van der Waals surface area contributed by atoms with Crippen LogP contribution in [0.25, 0.3) is 28.7 Å². The molecule has 3 heterocycles. The molecule has 0 aliphatic carbocycles. The first-order valence-corrected chi connectivity index (χ1v) is 8.24. The van der Waals surface area contributed by atoms with Crippen molar-refractivity contribution in [1.82, 2.24) is 30.1 Å². The van der Waals surface area contributed by atoms with Gasteiger partial charge >= 0.3 is 6.18 Å². The molecule has 0 saturated carbocycles. The van der Waals surface area contributed by atoms with Gasteiger partial charge in [-0.05, 0) is 40.2 Å². The number of rotatable bonds is 3. The average Bonchev–Trinajstić information content (AvgIpc) is 3.31. The van der Waals surface area contributed by atoms with Crippen LogP contribution in [0.3, 0.4) is 0 Å². The van der Waals surface area contributed by atoms with Gasteiger partial charge < -0.3 is 4.52 Å². The van der Waals surface area contributed by atoms with Crippen LogP contribution in [0.2, 0.25) is 0 Å². The lowest BCUT2D eigenvalue weighted by Gasteiger charge is -2.07. The van der Waals surface area contributed by atoms with E-state index in [9.17, 15) is 13.2 Å². The first-order chi connectivity index (χ1) is 12.9. The zero-order valence-electron chi connectivity index (χ0n) is 13.2. The van der Waals surface area contributed by atoms with Gasteiger partial charge in [-0.1, -0.05) is 16.4 Å². The van der Waals surface area contributed by atoms with Crippen molar-refractivity contribution in [2.75, 3.05) is 0 Å². The summed E-state index contributed by atoms with van der Waals surface area (Å²) in [6, 6.07) is 6.51. The first-order valence-electron chi connectivity index (χ1n) is 7.45. The summed E-state index contributed by atoms with van der Waals surface area (Å²) in [7, 11) is 0. The molecule has 3 aromatic heterocycles. The van der Waals surface area contributed by atoms with Crippen molar-refractivity contribution in [1.29, 1.82) is 0 Å². The van der Waals surface area contributed by atoms with E-state index in [0.717, 1.165) is 16.6 Å². The van der Waals surface area contributed by atoms with Crippen LogP contribution in [0.4, 0.5) is 13.2 Å². The lowest BCUT2D eigenvalue weighted by atomic mass is 10.2. The number of halogens is 4. The lowest BCUT2D eigenvalue weighted by molar-refractivity contribution is -0.137. The van der Waals surface area contributed by atoms with E-state index in [0.29, 0.717) is 11.4 Å². The van der Waals surface area contributed by atoms with E-state index in [1.807, 2.05) is 0 Å². The second-order valence-electron chi connectivity index (χ2n) is 5.41. The topological polar surface area (TPSA) is 82.5 Å². The van der Waals surface area contributed by atoms with Gasteiger partial charge in [-0.2, -0.15) is 18.2 Å². The third-order valence-corrected chi connectivity index (χ3v) is 3.97. The maximum Gasteiger partial charge on any atom is 0.416 e. The van der Waals surface area contributed by atoms with Crippen LogP contribution in [0, 0.1) is 0 Å². The summed E-state index contributed by atoms with van der Waals surface area (Å²) in [6.45, 7) is 0. The third kappa shape index (κ3) is 3.58. The molecule has 0 saturated heterocycles. The largest absolute Gasteiger partial charge is 0.416 e. The third-order valence-electron chi connectivity index (χ3n) is 3.54. The van der Waals surface area contributed by atoms with E-state index in [2.05, 4.69) is 41.4 Å².